The van der Waals surface area contributed by atoms with Crippen LogP contribution in [0.25, 0.3) is 0 Å². The van der Waals surface area contributed by atoms with Gasteiger partial charge >= 0.3 is 0 Å². The van der Waals surface area contributed by atoms with Crippen LogP contribution in [0.3, 0.4) is 0 Å². The van der Waals surface area contributed by atoms with Gasteiger partial charge in [0.05, 0.1) is 12.7 Å². The first kappa shape index (κ1) is 12.4. The lowest BCUT2D eigenvalue weighted by Crippen LogP contribution is -2.06. The van der Waals surface area contributed by atoms with Gasteiger partial charge in [0.1, 0.15) is 0 Å². The molecule has 0 aliphatic rings. The largest absolute Gasteiger partial charge is 0.265 e. The summed E-state index contributed by atoms with van der Waals surface area (Å²) in [5.74, 6) is 0. The van der Waals surface area contributed by atoms with E-state index < -0.39 is 0 Å². The van der Waals surface area contributed by atoms with Crippen LogP contribution in [0, 0.1) is 6.92 Å². The molecule has 0 amide bonds. The van der Waals surface area contributed by atoms with E-state index in [1.807, 2.05) is 6.20 Å². The monoisotopic (exact) mass is 292 g/mol. The SMILES string of the molecule is CCc1c(CBr)cnn1Cc1ccc(C)cc1. The van der Waals surface area contributed by atoms with Crippen molar-refractivity contribution in [1.82, 2.24) is 9.78 Å². The van der Waals surface area contributed by atoms with E-state index in [9.17, 15) is 0 Å². The molecule has 0 aliphatic carbocycles. The van der Waals surface area contributed by atoms with Crippen molar-refractivity contribution in [3.8, 4) is 0 Å². The molecule has 0 spiro atoms. The van der Waals surface area contributed by atoms with Crippen LogP contribution in [0.2, 0.25) is 0 Å². The molecule has 1 heterocycles. The summed E-state index contributed by atoms with van der Waals surface area (Å²) in [4.78, 5) is 0. The highest BCUT2D eigenvalue weighted by molar-refractivity contribution is 9.08. The highest BCUT2D eigenvalue weighted by Gasteiger charge is 2.07. The fraction of sp³-hybridized carbons (Fsp3) is 0.357. The molecule has 0 saturated carbocycles. The van der Waals surface area contributed by atoms with Crippen LogP contribution in [-0.4, -0.2) is 9.78 Å². The minimum atomic E-state index is 0.858. The van der Waals surface area contributed by atoms with E-state index >= 15 is 0 Å². The number of hydrogen-bond acceptors (Lipinski definition) is 1. The second-order valence-corrected chi connectivity index (χ2v) is 4.81. The number of nitrogens with zero attached hydrogens (tertiary/aromatic N) is 2. The van der Waals surface area contributed by atoms with Crippen molar-refractivity contribution in [3.05, 3.63) is 52.8 Å². The van der Waals surface area contributed by atoms with Gasteiger partial charge in [-0.15, -0.1) is 0 Å². The molecule has 0 fully saturated rings. The van der Waals surface area contributed by atoms with E-state index in [2.05, 4.69) is 63.8 Å². The molecular formula is C14H17BrN2. The molecule has 1 aromatic heterocycles. The minimum absolute atomic E-state index is 0.858. The lowest BCUT2D eigenvalue weighted by atomic mass is 10.1. The van der Waals surface area contributed by atoms with Crippen LogP contribution in [0.15, 0.2) is 30.5 Å². The average Bonchev–Trinajstić information content (AvgIpc) is 2.74. The Morgan fingerprint density at radius 2 is 1.94 bits per heavy atom. The Morgan fingerprint density at radius 1 is 1.24 bits per heavy atom. The summed E-state index contributed by atoms with van der Waals surface area (Å²) in [5, 5.41) is 5.34. The Balaban J connectivity index is 2.23. The van der Waals surface area contributed by atoms with Gasteiger partial charge < -0.3 is 0 Å². The van der Waals surface area contributed by atoms with Crippen molar-refractivity contribution in [1.29, 1.82) is 0 Å². The Labute approximate surface area is 111 Å². The summed E-state index contributed by atoms with van der Waals surface area (Å²) in [6, 6.07) is 8.64. The molecule has 2 nitrogen and oxygen atoms in total. The first-order chi connectivity index (χ1) is 8.24. The van der Waals surface area contributed by atoms with Crippen LogP contribution >= 0.6 is 15.9 Å². The van der Waals surface area contributed by atoms with Gasteiger partial charge in [-0.3, -0.25) is 4.68 Å². The Morgan fingerprint density at radius 3 is 2.53 bits per heavy atom. The van der Waals surface area contributed by atoms with Gasteiger partial charge in [-0.1, -0.05) is 52.7 Å². The van der Waals surface area contributed by atoms with Gasteiger partial charge in [-0.05, 0) is 18.9 Å². The first-order valence-corrected chi connectivity index (χ1v) is 7.01. The van der Waals surface area contributed by atoms with Crippen molar-refractivity contribution in [2.75, 3.05) is 0 Å². The minimum Gasteiger partial charge on any atom is -0.265 e. The van der Waals surface area contributed by atoms with E-state index in [0.29, 0.717) is 0 Å². The highest BCUT2D eigenvalue weighted by atomic mass is 79.9. The van der Waals surface area contributed by atoms with Crippen LogP contribution in [0.5, 0.6) is 0 Å². The zero-order valence-corrected chi connectivity index (χ0v) is 11.9. The molecule has 0 N–H and O–H groups in total. The normalized spacial score (nSPS) is 10.8. The highest BCUT2D eigenvalue weighted by Crippen LogP contribution is 2.15. The summed E-state index contributed by atoms with van der Waals surface area (Å²) < 4.78 is 2.10. The number of benzene rings is 1. The Kier molecular flexibility index (Phi) is 4.00. The second-order valence-electron chi connectivity index (χ2n) is 4.25. The zero-order valence-electron chi connectivity index (χ0n) is 10.3. The number of aryl methyl sites for hydroxylation is 1. The van der Waals surface area contributed by atoms with Gasteiger partial charge in [0.15, 0.2) is 0 Å². The van der Waals surface area contributed by atoms with E-state index in [0.717, 1.165) is 18.3 Å². The third-order valence-electron chi connectivity index (χ3n) is 2.97. The van der Waals surface area contributed by atoms with E-state index in [1.165, 1.54) is 22.4 Å². The number of hydrogen-bond donors (Lipinski definition) is 0. The third-order valence-corrected chi connectivity index (χ3v) is 3.57. The molecule has 2 rings (SSSR count). The maximum atomic E-state index is 4.46. The molecule has 17 heavy (non-hydrogen) atoms. The van der Waals surface area contributed by atoms with Crippen molar-refractivity contribution >= 4 is 15.9 Å². The Hall–Kier alpha value is -1.09. The topological polar surface area (TPSA) is 17.8 Å². The zero-order chi connectivity index (χ0) is 12.3. The molecule has 0 radical (unpaired) electrons. The number of alkyl halides is 1. The van der Waals surface area contributed by atoms with Crippen LogP contribution in [-0.2, 0) is 18.3 Å². The maximum Gasteiger partial charge on any atom is 0.0662 e. The molecule has 0 aliphatic heterocycles. The van der Waals surface area contributed by atoms with Crippen molar-refractivity contribution in [2.24, 2.45) is 0 Å². The standard InChI is InChI=1S/C14H17BrN2/c1-3-14-13(8-15)9-16-17(14)10-12-6-4-11(2)5-7-12/h4-7,9H,3,8,10H2,1-2H3. The number of halogens is 1. The lowest BCUT2D eigenvalue weighted by Gasteiger charge is -2.07. The molecular weight excluding hydrogens is 276 g/mol. The second kappa shape index (κ2) is 5.50. The summed E-state index contributed by atoms with van der Waals surface area (Å²) in [6.45, 7) is 5.14. The van der Waals surface area contributed by atoms with Crippen molar-refractivity contribution < 1.29 is 0 Å². The van der Waals surface area contributed by atoms with Gasteiger partial charge in [0.25, 0.3) is 0 Å². The quantitative estimate of drug-likeness (QED) is 0.786. The average molecular weight is 293 g/mol. The molecule has 0 bridgehead atoms. The Bertz CT molecular complexity index is 485. The summed E-state index contributed by atoms with van der Waals surface area (Å²) >= 11 is 3.50. The smallest absolute Gasteiger partial charge is 0.0662 e. The maximum absolute atomic E-state index is 4.46. The van der Waals surface area contributed by atoms with Crippen LogP contribution in [0.4, 0.5) is 0 Å². The molecule has 0 unspecified atom stereocenters. The molecule has 3 heteroatoms. The molecule has 0 atom stereocenters. The van der Waals surface area contributed by atoms with Crippen LogP contribution in [0.1, 0.15) is 29.3 Å². The van der Waals surface area contributed by atoms with Gasteiger partial charge in [-0.25, -0.2) is 0 Å². The summed E-state index contributed by atoms with van der Waals surface area (Å²) in [6.07, 6.45) is 2.98. The van der Waals surface area contributed by atoms with E-state index in [4.69, 9.17) is 0 Å². The summed E-state index contributed by atoms with van der Waals surface area (Å²) in [7, 11) is 0. The number of rotatable bonds is 4. The van der Waals surface area contributed by atoms with Gasteiger partial charge in [0, 0.05) is 16.6 Å². The fourth-order valence-electron chi connectivity index (χ4n) is 1.97. The van der Waals surface area contributed by atoms with E-state index in [-0.39, 0.29) is 0 Å². The molecule has 90 valence electrons. The van der Waals surface area contributed by atoms with Gasteiger partial charge in [0.2, 0.25) is 0 Å². The van der Waals surface area contributed by atoms with Crippen molar-refractivity contribution in [3.63, 3.8) is 0 Å². The fourth-order valence-corrected chi connectivity index (χ4v) is 2.44. The van der Waals surface area contributed by atoms with Crippen LogP contribution < -0.4 is 0 Å². The lowest BCUT2D eigenvalue weighted by molar-refractivity contribution is 0.648. The predicted octanol–water partition coefficient (Wildman–Crippen LogP) is 3.70. The summed E-state index contributed by atoms with van der Waals surface area (Å²) in [5.41, 5.74) is 5.21. The third kappa shape index (κ3) is 2.78. The van der Waals surface area contributed by atoms with Gasteiger partial charge in [-0.2, -0.15) is 5.10 Å². The molecule has 0 saturated heterocycles. The van der Waals surface area contributed by atoms with E-state index in [1.54, 1.807) is 0 Å². The first-order valence-electron chi connectivity index (χ1n) is 5.89. The van der Waals surface area contributed by atoms with Crippen molar-refractivity contribution in [2.45, 2.75) is 32.1 Å². The predicted molar refractivity (Wildman–Crippen MR) is 74.5 cm³/mol. The molecule has 2 aromatic rings. The molecule has 1 aromatic carbocycles. The number of aromatic nitrogens is 2.